The first-order chi connectivity index (χ1) is 13.9. The van der Waals surface area contributed by atoms with Crippen molar-refractivity contribution in [3.05, 3.63) is 39.9 Å². The Morgan fingerprint density at radius 1 is 1.40 bits per heavy atom. The average Bonchev–Trinajstić information content (AvgIpc) is 2.62. The van der Waals surface area contributed by atoms with E-state index in [1.807, 2.05) is 0 Å². The maximum absolute atomic E-state index is 13.5. The van der Waals surface area contributed by atoms with E-state index in [1.54, 1.807) is 46.0 Å². The van der Waals surface area contributed by atoms with Crippen molar-refractivity contribution in [1.29, 1.82) is 0 Å². The lowest BCUT2D eigenvalue weighted by Crippen LogP contribution is -2.49. The van der Waals surface area contributed by atoms with E-state index in [1.165, 1.54) is 4.90 Å². The molecule has 2 aromatic rings. The number of nitrogens with zero attached hydrogens (tertiary/aromatic N) is 3. The molecule has 8 nitrogen and oxygen atoms in total. The molecular formula is C20H23BrFN5O3. The van der Waals surface area contributed by atoms with Crippen LogP contribution in [0.2, 0.25) is 0 Å². The van der Waals surface area contributed by atoms with Gasteiger partial charge in [-0.25, -0.2) is 9.78 Å². The van der Waals surface area contributed by atoms with Gasteiger partial charge in [0.25, 0.3) is 5.91 Å². The van der Waals surface area contributed by atoms with Gasteiger partial charge in [0.2, 0.25) is 5.95 Å². The maximum Gasteiger partial charge on any atom is 0.410 e. The highest BCUT2D eigenvalue weighted by Gasteiger charge is 2.28. The van der Waals surface area contributed by atoms with Gasteiger partial charge >= 0.3 is 6.09 Å². The largest absolute Gasteiger partial charge is 0.444 e. The molecule has 160 valence electrons. The number of fused-ring (bicyclic) bond motifs is 1. The first kappa shape index (κ1) is 21.9. The van der Waals surface area contributed by atoms with Crippen LogP contribution in [0.4, 0.5) is 15.0 Å². The molecule has 1 atom stereocenters. The van der Waals surface area contributed by atoms with Crippen LogP contribution in [0.5, 0.6) is 0 Å². The monoisotopic (exact) mass is 479 g/mol. The molecule has 30 heavy (non-hydrogen) atoms. The van der Waals surface area contributed by atoms with Crippen LogP contribution in [0.15, 0.2) is 22.8 Å². The average molecular weight is 480 g/mol. The number of nitrogen functional groups attached to an aromatic ring is 1. The Bertz CT molecular complexity index is 1010. The fourth-order valence-electron chi connectivity index (χ4n) is 3.19. The third-order valence-electron chi connectivity index (χ3n) is 4.47. The second kappa shape index (κ2) is 8.17. The zero-order valence-corrected chi connectivity index (χ0v) is 18.7. The highest BCUT2D eigenvalue weighted by atomic mass is 79.9. The van der Waals surface area contributed by atoms with E-state index in [0.717, 1.165) is 5.56 Å². The van der Waals surface area contributed by atoms with Crippen LogP contribution in [0.25, 0.3) is 11.3 Å². The number of carbonyl (C=O) groups is 2. The van der Waals surface area contributed by atoms with E-state index >= 15 is 0 Å². The lowest BCUT2D eigenvalue weighted by molar-refractivity contribution is 0.0279. The summed E-state index contributed by atoms with van der Waals surface area (Å²) in [7, 11) is 1.62. The van der Waals surface area contributed by atoms with Crippen LogP contribution in [0, 0.1) is 5.95 Å². The van der Waals surface area contributed by atoms with E-state index < -0.39 is 17.6 Å². The molecule has 0 spiro atoms. The summed E-state index contributed by atoms with van der Waals surface area (Å²) in [5.74, 6) is -1.07. The molecule has 1 aromatic carbocycles. The quantitative estimate of drug-likeness (QED) is 0.699. The number of aromatic nitrogens is 2. The number of nitrogens with one attached hydrogen (secondary N) is 1. The molecule has 2 amide bonds. The Labute approximate surface area is 182 Å². The van der Waals surface area contributed by atoms with Crippen LogP contribution in [-0.4, -0.2) is 52.1 Å². The Balaban J connectivity index is 1.82. The summed E-state index contributed by atoms with van der Waals surface area (Å²) < 4.78 is 18.9. The number of benzene rings is 1. The minimum atomic E-state index is -0.793. The van der Waals surface area contributed by atoms with Gasteiger partial charge in [-0.05, 0) is 60.8 Å². The van der Waals surface area contributed by atoms with E-state index in [9.17, 15) is 14.0 Å². The van der Waals surface area contributed by atoms with Gasteiger partial charge in [-0.1, -0.05) is 6.07 Å². The Kier molecular flexibility index (Phi) is 5.98. The van der Waals surface area contributed by atoms with E-state index in [2.05, 4.69) is 31.2 Å². The molecule has 0 saturated carbocycles. The molecule has 1 aliphatic heterocycles. The van der Waals surface area contributed by atoms with Crippen molar-refractivity contribution in [2.24, 2.45) is 0 Å². The van der Waals surface area contributed by atoms with Gasteiger partial charge in [-0.15, -0.1) is 0 Å². The number of rotatable bonds is 3. The Hall–Kier alpha value is -2.75. The standard InChI is InChI=1S/C20H23BrFN5O3/c1-20(2,3)30-19(29)27(4)9-12-8-11-7-10(5-6-13(11)18(28)24-12)14-17(23)26-16(22)15(21)25-14/h5-7,12H,8-9H2,1-4H3,(H2,23,26)(H,24,28). The normalized spacial score (nSPS) is 15.9. The van der Waals surface area contributed by atoms with Gasteiger partial charge < -0.3 is 20.7 Å². The maximum atomic E-state index is 13.5. The second-order valence-electron chi connectivity index (χ2n) is 8.15. The zero-order chi connectivity index (χ0) is 22.2. The minimum absolute atomic E-state index is 0.0426. The van der Waals surface area contributed by atoms with Gasteiger partial charge in [0.15, 0.2) is 10.4 Å². The first-order valence-electron chi connectivity index (χ1n) is 9.31. The van der Waals surface area contributed by atoms with Crippen molar-refractivity contribution >= 4 is 33.7 Å². The summed E-state index contributed by atoms with van der Waals surface area (Å²) in [4.78, 5) is 34.0. The number of hydrogen-bond donors (Lipinski definition) is 2. The Morgan fingerprint density at radius 2 is 2.10 bits per heavy atom. The number of ether oxygens (including phenoxy) is 1. The van der Waals surface area contributed by atoms with Crippen LogP contribution in [0.3, 0.4) is 0 Å². The molecule has 10 heteroatoms. The minimum Gasteiger partial charge on any atom is -0.444 e. The van der Waals surface area contributed by atoms with Gasteiger partial charge in [0.1, 0.15) is 11.3 Å². The van der Waals surface area contributed by atoms with Crippen LogP contribution < -0.4 is 11.1 Å². The fourth-order valence-corrected chi connectivity index (χ4v) is 3.45. The number of halogens is 2. The van der Waals surface area contributed by atoms with Crippen molar-refractivity contribution in [3.8, 4) is 11.3 Å². The van der Waals surface area contributed by atoms with Crippen LogP contribution in [-0.2, 0) is 11.2 Å². The van der Waals surface area contributed by atoms with Crippen LogP contribution in [0.1, 0.15) is 36.7 Å². The first-order valence-corrected chi connectivity index (χ1v) is 10.1. The van der Waals surface area contributed by atoms with Crippen molar-refractivity contribution in [2.75, 3.05) is 19.3 Å². The summed E-state index contributed by atoms with van der Waals surface area (Å²) >= 11 is 3.02. The smallest absolute Gasteiger partial charge is 0.410 e. The molecular weight excluding hydrogens is 457 g/mol. The molecule has 0 saturated heterocycles. The summed E-state index contributed by atoms with van der Waals surface area (Å²) in [5.41, 5.74) is 7.47. The third kappa shape index (κ3) is 4.86. The van der Waals surface area contributed by atoms with E-state index in [4.69, 9.17) is 10.5 Å². The molecule has 3 rings (SSSR count). The number of amides is 2. The lowest BCUT2D eigenvalue weighted by atomic mass is 9.92. The predicted molar refractivity (Wildman–Crippen MR) is 113 cm³/mol. The topological polar surface area (TPSA) is 110 Å². The molecule has 0 aliphatic carbocycles. The highest BCUT2D eigenvalue weighted by Crippen LogP contribution is 2.29. The molecule has 0 bridgehead atoms. The number of carbonyl (C=O) groups excluding carboxylic acids is 2. The van der Waals surface area contributed by atoms with E-state index in [-0.39, 0.29) is 28.9 Å². The highest BCUT2D eigenvalue weighted by molar-refractivity contribution is 9.10. The summed E-state index contributed by atoms with van der Waals surface area (Å²) in [6.07, 6.45) is 0.0353. The zero-order valence-electron chi connectivity index (χ0n) is 17.1. The van der Waals surface area contributed by atoms with Gasteiger partial charge in [-0.2, -0.15) is 9.37 Å². The van der Waals surface area contributed by atoms with Crippen molar-refractivity contribution in [3.63, 3.8) is 0 Å². The Morgan fingerprint density at radius 3 is 2.77 bits per heavy atom. The molecule has 2 heterocycles. The lowest BCUT2D eigenvalue weighted by Gasteiger charge is -2.31. The number of likely N-dealkylation sites (N-methyl/N-ethyl adjacent to an activating group) is 1. The SMILES string of the molecule is CN(CC1Cc2cc(-c3nc(Br)c(F)nc3N)ccc2C(=O)N1)C(=O)OC(C)(C)C. The van der Waals surface area contributed by atoms with Gasteiger partial charge in [0, 0.05) is 24.7 Å². The molecule has 0 radical (unpaired) electrons. The summed E-state index contributed by atoms with van der Waals surface area (Å²) in [6.45, 7) is 5.66. The van der Waals surface area contributed by atoms with Crippen molar-refractivity contribution in [1.82, 2.24) is 20.2 Å². The van der Waals surface area contributed by atoms with Crippen LogP contribution >= 0.6 is 15.9 Å². The molecule has 0 fully saturated rings. The van der Waals surface area contributed by atoms with Crippen molar-refractivity contribution in [2.45, 2.75) is 38.8 Å². The predicted octanol–water partition coefficient (Wildman–Crippen LogP) is 3.15. The van der Waals surface area contributed by atoms with Gasteiger partial charge in [-0.3, -0.25) is 4.79 Å². The number of hydrogen-bond acceptors (Lipinski definition) is 6. The number of anilines is 1. The second-order valence-corrected chi connectivity index (χ2v) is 8.90. The third-order valence-corrected chi connectivity index (χ3v) is 4.97. The van der Waals surface area contributed by atoms with E-state index in [0.29, 0.717) is 23.2 Å². The summed E-state index contributed by atoms with van der Waals surface area (Å²) in [6, 6.07) is 4.86. The fraction of sp³-hybridized carbons (Fsp3) is 0.400. The van der Waals surface area contributed by atoms with Gasteiger partial charge in [0.05, 0.1) is 6.04 Å². The summed E-state index contributed by atoms with van der Waals surface area (Å²) in [5, 5.41) is 2.91. The molecule has 1 aromatic heterocycles. The number of nitrogens with two attached hydrogens (primary N) is 1. The molecule has 1 unspecified atom stereocenters. The molecule has 1 aliphatic rings. The van der Waals surface area contributed by atoms with Crippen molar-refractivity contribution < 1.29 is 18.7 Å². The molecule has 3 N–H and O–H groups in total.